The monoisotopic (exact) mass is 414 g/mol. The second kappa shape index (κ2) is 11.4. The molecule has 2 rings (SSSR count). The molecule has 0 atom stereocenters. The Bertz CT molecular complexity index is 898. The van der Waals surface area contributed by atoms with Crippen LogP contribution < -0.4 is 30.4 Å². The summed E-state index contributed by atoms with van der Waals surface area (Å²) < 4.78 is 15.8. The van der Waals surface area contributed by atoms with Gasteiger partial charge in [0.2, 0.25) is 0 Å². The Hall–Kier alpha value is -3.51. The van der Waals surface area contributed by atoms with Crippen LogP contribution in [0.1, 0.15) is 11.1 Å². The standard InChI is InChI=1S/C20H22N4O4S/c1-26-17-8-7-14(11-18(17)27-2)9-10-22-20(29)24-23-19(25)13-28-16-6-4-3-5-15(16)12-21/h3-8,11H,9-10,13H2,1-2H3,(H,23,25)(H2,22,24,29). The van der Waals surface area contributed by atoms with Crippen molar-refractivity contribution in [3.8, 4) is 23.3 Å². The quantitative estimate of drug-likeness (QED) is 0.443. The molecule has 0 aliphatic rings. The summed E-state index contributed by atoms with van der Waals surface area (Å²) in [6.45, 7) is 0.309. The summed E-state index contributed by atoms with van der Waals surface area (Å²) in [5.41, 5.74) is 6.45. The number of ether oxygens (including phenoxy) is 3. The van der Waals surface area contributed by atoms with Gasteiger partial charge in [0.05, 0.1) is 19.8 Å². The maximum Gasteiger partial charge on any atom is 0.276 e. The third-order valence-electron chi connectivity index (χ3n) is 3.83. The molecular weight excluding hydrogens is 392 g/mol. The molecule has 8 nitrogen and oxygen atoms in total. The van der Waals surface area contributed by atoms with Gasteiger partial charge < -0.3 is 19.5 Å². The number of para-hydroxylation sites is 1. The number of thiocarbonyl (C=S) groups is 1. The normalized spacial score (nSPS) is 9.69. The molecule has 152 valence electrons. The zero-order valence-electron chi connectivity index (χ0n) is 16.2. The Morgan fingerprint density at radius 3 is 2.55 bits per heavy atom. The highest BCUT2D eigenvalue weighted by molar-refractivity contribution is 7.80. The lowest BCUT2D eigenvalue weighted by Gasteiger charge is -2.13. The molecular formula is C20H22N4O4S. The van der Waals surface area contributed by atoms with Crippen molar-refractivity contribution in [3.05, 3.63) is 53.6 Å². The summed E-state index contributed by atoms with van der Waals surface area (Å²) in [7, 11) is 3.18. The molecule has 0 radical (unpaired) electrons. The van der Waals surface area contributed by atoms with E-state index in [0.29, 0.717) is 35.8 Å². The molecule has 2 aromatic rings. The first-order valence-electron chi connectivity index (χ1n) is 8.73. The molecule has 0 bridgehead atoms. The Kier molecular flexibility index (Phi) is 8.53. The minimum absolute atomic E-state index is 0.250. The summed E-state index contributed by atoms with van der Waals surface area (Å²) >= 11 is 5.13. The van der Waals surface area contributed by atoms with E-state index in [9.17, 15) is 4.79 Å². The van der Waals surface area contributed by atoms with Crippen LogP contribution in [0.25, 0.3) is 0 Å². The second-order valence-electron chi connectivity index (χ2n) is 5.77. The van der Waals surface area contributed by atoms with Crippen LogP contribution in [0.3, 0.4) is 0 Å². The van der Waals surface area contributed by atoms with E-state index in [2.05, 4.69) is 16.2 Å². The largest absolute Gasteiger partial charge is 0.493 e. The number of hydrogen-bond acceptors (Lipinski definition) is 6. The van der Waals surface area contributed by atoms with E-state index < -0.39 is 5.91 Å². The van der Waals surface area contributed by atoms with Crippen LogP contribution in [0.4, 0.5) is 0 Å². The number of nitrogens with one attached hydrogen (secondary N) is 3. The van der Waals surface area contributed by atoms with Crippen molar-refractivity contribution < 1.29 is 19.0 Å². The lowest BCUT2D eigenvalue weighted by atomic mass is 10.1. The number of nitrogens with zero attached hydrogens (tertiary/aromatic N) is 1. The van der Waals surface area contributed by atoms with Crippen molar-refractivity contribution in [2.75, 3.05) is 27.4 Å². The fourth-order valence-electron chi connectivity index (χ4n) is 2.39. The predicted octanol–water partition coefficient (Wildman–Crippen LogP) is 1.69. The summed E-state index contributed by atoms with van der Waals surface area (Å²) in [4.78, 5) is 11.9. The summed E-state index contributed by atoms with van der Waals surface area (Å²) in [6, 6.07) is 14.4. The van der Waals surface area contributed by atoms with E-state index in [0.717, 1.165) is 5.56 Å². The van der Waals surface area contributed by atoms with Gasteiger partial charge in [0.25, 0.3) is 5.91 Å². The predicted molar refractivity (Wildman–Crippen MR) is 112 cm³/mol. The van der Waals surface area contributed by atoms with Gasteiger partial charge in [-0.1, -0.05) is 18.2 Å². The highest BCUT2D eigenvalue weighted by atomic mass is 32.1. The Balaban J connectivity index is 1.69. The van der Waals surface area contributed by atoms with Crippen molar-refractivity contribution in [2.24, 2.45) is 0 Å². The van der Waals surface area contributed by atoms with Crippen LogP contribution in [-0.4, -0.2) is 38.4 Å². The highest BCUT2D eigenvalue weighted by Crippen LogP contribution is 2.27. The number of carbonyl (C=O) groups is 1. The molecule has 0 fully saturated rings. The van der Waals surface area contributed by atoms with Crippen LogP contribution in [0.15, 0.2) is 42.5 Å². The van der Waals surface area contributed by atoms with Gasteiger partial charge in [-0.05, 0) is 48.5 Å². The van der Waals surface area contributed by atoms with Gasteiger partial charge in [0, 0.05) is 6.54 Å². The topological polar surface area (TPSA) is 105 Å². The maximum atomic E-state index is 11.9. The average molecular weight is 414 g/mol. The van der Waals surface area contributed by atoms with Gasteiger partial charge in [0.1, 0.15) is 11.8 Å². The number of rotatable bonds is 8. The summed E-state index contributed by atoms with van der Waals surface area (Å²) in [5, 5.41) is 12.3. The highest BCUT2D eigenvalue weighted by Gasteiger charge is 2.07. The summed E-state index contributed by atoms with van der Waals surface area (Å²) in [5.74, 6) is 1.25. The van der Waals surface area contributed by atoms with Crippen molar-refractivity contribution in [1.29, 1.82) is 5.26 Å². The van der Waals surface area contributed by atoms with E-state index in [-0.39, 0.29) is 11.7 Å². The van der Waals surface area contributed by atoms with Gasteiger partial charge in [0.15, 0.2) is 23.2 Å². The van der Waals surface area contributed by atoms with E-state index >= 15 is 0 Å². The molecule has 0 spiro atoms. The molecule has 0 aliphatic carbocycles. The molecule has 0 saturated carbocycles. The maximum absolute atomic E-state index is 11.9. The lowest BCUT2D eigenvalue weighted by Crippen LogP contribution is -2.48. The van der Waals surface area contributed by atoms with Gasteiger partial charge in [-0.3, -0.25) is 15.6 Å². The molecule has 1 amide bonds. The number of benzene rings is 2. The zero-order valence-corrected chi connectivity index (χ0v) is 17.0. The fourth-order valence-corrected chi connectivity index (χ4v) is 2.54. The number of nitriles is 1. The smallest absolute Gasteiger partial charge is 0.276 e. The average Bonchev–Trinajstić information content (AvgIpc) is 2.76. The Labute approximate surface area is 174 Å². The fraction of sp³-hybridized carbons (Fsp3) is 0.250. The first kappa shape index (κ1) is 21.8. The minimum Gasteiger partial charge on any atom is -0.493 e. The van der Waals surface area contributed by atoms with E-state index in [4.69, 9.17) is 31.7 Å². The van der Waals surface area contributed by atoms with Gasteiger partial charge in [-0.15, -0.1) is 0 Å². The molecule has 0 unspecified atom stereocenters. The minimum atomic E-state index is -0.429. The zero-order chi connectivity index (χ0) is 21.1. The van der Waals surface area contributed by atoms with Crippen LogP contribution >= 0.6 is 12.2 Å². The number of carbonyl (C=O) groups excluding carboxylic acids is 1. The van der Waals surface area contributed by atoms with Crippen molar-refractivity contribution >= 4 is 23.2 Å². The molecule has 0 saturated heterocycles. The van der Waals surface area contributed by atoms with Crippen LogP contribution in [-0.2, 0) is 11.2 Å². The number of methoxy groups -OCH3 is 2. The summed E-state index contributed by atoms with van der Waals surface area (Å²) in [6.07, 6.45) is 0.699. The van der Waals surface area contributed by atoms with Crippen LogP contribution in [0.5, 0.6) is 17.2 Å². The van der Waals surface area contributed by atoms with E-state index in [1.807, 2.05) is 24.3 Å². The molecule has 3 N–H and O–H groups in total. The number of hydrazine groups is 1. The number of hydrogen-bond donors (Lipinski definition) is 3. The van der Waals surface area contributed by atoms with Crippen molar-refractivity contribution in [2.45, 2.75) is 6.42 Å². The van der Waals surface area contributed by atoms with E-state index in [1.54, 1.807) is 38.5 Å². The van der Waals surface area contributed by atoms with Crippen molar-refractivity contribution in [3.63, 3.8) is 0 Å². The first-order valence-corrected chi connectivity index (χ1v) is 9.13. The molecule has 0 heterocycles. The van der Waals surface area contributed by atoms with Gasteiger partial charge in [-0.2, -0.15) is 5.26 Å². The molecule has 0 aliphatic heterocycles. The third-order valence-corrected chi connectivity index (χ3v) is 4.08. The molecule has 0 aromatic heterocycles. The molecule has 9 heteroatoms. The SMILES string of the molecule is COc1ccc(CCNC(=S)NNC(=O)COc2ccccc2C#N)cc1OC. The third kappa shape index (κ3) is 6.86. The van der Waals surface area contributed by atoms with Gasteiger partial charge >= 0.3 is 0 Å². The lowest BCUT2D eigenvalue weighted by molar-refractivity contribution is -0.123. The number of amides is 1. The van der Waals surface area contributed by atoms with Crippen LogP contribution in [0.2, 0.25) is 0 Å². The molecule has 2 aromatic carbocycles. The first-order chi connectivity index (χ1) is 14.1. The Morgan fingerprint density at radius 2 is 1.83 bits per heavy atom. The van der Waals surface area contributed by atoms with Gasteiger partial charge in [-0.25, -0.2) is 0 Å². The Morgan fingerprint density at radius 1 is 1.07 bits per heavy atom. The van der Waals surface area contributed by atoms with E-state index in [1.165, 1.54) is 0 Å². The second-order valence-corrected chi connectivity index (χ2v) is 6.17. The van der Waals surface area contributed by atoms with Crippen molar-refractivity contribution in [1.82, 2.24) is 16.2 Å². The van der Waals surface area contributed by atoms with Crippen LogP contribution in [0, 0.1) is 11.3 Å². The molecule has 29 heavy (non-hydrogen) atoms.